The molecule has 7 nitrogen and oxygen atoms in total. The number of carbonyl (C=O) groups excluding carboxylic acids is 1. The van der Waals surface area contributed by atoms with E-state index in [9.17, 15) is 9.18 Å². The van der Waals surface area contributed by atoms with Gasteiger partial charge in [0.15, 0.2) is 5.76 Å². The average Bonchev–Trinajstić information content (AvgIpc) is 3.32. The highest BCUT2D eigenvalue weighted by Gasteiger charge is 2.35. The van der Waals surface area contributed by atoms with Gasteiger partial charge in [-0.2, -0.15) is 0 Å². The Kier molecular flexibility index (Phi) is 8.28. The molecule has 0 fully saturated rings. The first-order valence-corrected chi connectivity index (χ1v) is 11.2. The number of benzene rings is 2. The molecule has 1 amide bonds. The van der Waals surface area contributed by atoms with Crippen LogP contribution in [0, 0.1) is 6.92 Å². The summed E-state index contributed by atoms with van der Waals surface area (Å²) in [7, 11) is 1.47. The Morgan fingerprint density at radius 1 is 1.32 bits per heavy atom. The Bertz CT molecular complexity index is 1180. The van der Waals surface area contributed by atoms with Gasteiger partial charge in [-0.25, -0.2) is 9.37 Å². The van der Waals surface area contributed by atoms with Gasteiger partial charge in [0.05, 0.1) is 23.9 Å². The summed E-state index contributed by atoms with van der Waals surface area (Å²) >= 11 is 6.31. The Labute approximate surface area is 203 Å². The minimum atomic E-state index is -1.01. The lowest BCUT2D eigenvalue weighted by molar-refractivity contribution is 0.0878. The number of nitrogens with zero attached hydrogens (tertiary/aromatic N) is 2. The predicted octanol–water partition coefficient (Wildman–Crippen LogP) is 5.06. The molecular weight excluding hydrogens is 459 g/mol. The van der Waals surface area contributed by atoms with Crippen LogP contribution in [-0.2, 0) is 5.54 Å². The molecule has 1 atom stereocenters. The number of ether oxygens (including phenoxy) is 1. The van der Waals surface area contributed by atoms with Gasteiger partial charge in [0.25, 0.3) is 5.91 Å². The largest absolute Gasteiger partial charge is 0.496 e. The second-order valence-electron chi connectivity index (χ2n) is 8.11. The summed E-state index contributed by atoms with van der Waals surface area (Å²) in [6.45, 7) is 3.29. The van der Waals surface area contributed by atoms with Crippen LogP contribution in [0.4, 0.5) is 4.39 Å². The van der Waals surface area contributed by atoms with Crippen molar-refractivity contribution in [2.45, 2.75) is 32.2 Å². The molecule has 0 aliphatic heterocycles. The Morgan fingerprint density at radius 3 is 2.79 bits per heavy atom. The Morgan fingerprint density at radius 2 is 2.09 bits per heavy atom. The van der Waals surface area contributed by atoms with Crippen molar-refractivity contribution in [3.8, 4) is 17.1 Å². The summed E-state index contributed by atoms with van der Waals surface area (Å²) in [5.74, 6) is 0.747. The lowest BCUT2D eigenvalue weighted by Gasteiger charge is -2.28. The summed E-state index contributed by atoms with van der Waals surface area (Å²) in [6.07, 6.45) is 2.53. The number of amidine groups is 1. The number of nitrogens with two attached hydrogens (primary N) is 1. The van der Waals surface area contributed by atoms with Crippen molar-refractivity contribution >= 4 is 23.3 Å². The van der Waals surface area contributed by atoms with Crippen molar-refractivity contribution in [2.24, 2.45) is 10.7 Å². The van der Waals surface area contributed by atoms with Crippen molar-refractivity contribution in [1.82, 2.24) is 10.3 Å². The summed E-state index contributed by atoms with van der Waals surface area (Å²) in [4.78, 5) is 21.8. The molecule has 1 aromatic heterocycles. The van der Waals surface area contributed by atoms with Crippen LogP contribution in [0.3, 0.4) is 0 Å². The molecular formula is C25H28ClFN4O3. The number of alkyl halides is 1. The van der Waals surface area contributed by atoms with E-state index in [0.717, 1.165) is 11.1 Å². The second-order valence-corrected chi connectivity index (χ2v) is 8.52. The lowest BCUT2D eigenvalue weighted by Crippen LogP contribution is -2.44. The third-order valence-electron chi connectivity index (χ3n) is 5.38. The topological polar surface area (TPSA) is 103 Å². The van der Waals surface area contributed by atoms with E-state index in [0.29, 0.717) is 36.8 Å². The molecule has 9 heteroatoms. The molecule has 3 aromatic rings. The maximum atomic E-state index is 13.3. The van der Waals surface area contributed by atoms with E-state index in [1.807, 2.05) is 38.1 Å². The van der Waals surface area contributed by atoms with Gasteiger partial charge in [-0.15, -0.1) is 0 Å². The number of rotatable bonds is 10. The van der Waals surface area contributed by atoms with Gasteiger partial charge < -0.3 is 20.2 Å². The van der Waals surface area contributed by atoms with Crippen molar-refractivity contribution < 1.29 is 18.3 Å². The zero-order valence-corrected chi connectivity index (χ0v) is 20.2. The number of hydrogen-bond acceptors (Lipinski definition) is 5. The Hall–Kier alpha value is -3.39. The third-order valence-corrected chi connectivity index (χ3v) is 5.69. The van der Waals surface area contributed by atoms with Crippen LogP contribution in [0.5, 0.6) is 5.75 Å². The number of hydrogen-bond donors (Lipinski definition) is 2. The van der Waals surface area contributed by atoms with E-state index in [4.69, 9.17) is 26.5 Å². The van der Waals surface area contributed by atoms with Crippen molar-refractivity contribution in [3.05, 3.63) is 70.7 Å². The monoisotopic (exact) mass is 486 g/mol. The minimum Gasteiger partial charge on any atom is -0.496 e. The van der Waals surface area contributed by atoms with Gasteiger partial charge in [-0.1, -0.05) is 41.4 Å². The quantitative estimate of drug-likeness (QED) is 0.237. The molecule has 0 bridgehead atoms. The summed E-state index contributed by atoms with van der Waals surface area (Å²) in [6, 6.07) is 12.8. The lowest BCUT2D eigenvalue weighted by atomic mass is 9.94. The van der Waals surface area contributed by atoms with Crippen molar-refractivity contribution in [3.63, 3.8) is 0 Å². The Balaban J connectivity index is 1.92. The van der Waals surface area contributed by atoms with Gasteiger partial charge in [0.2, 0.25) is 5.89 Å². The molecule has 0 saturated heterocycles. The van der Waals surface area contributed by atoms with Crippen LogP contribution in [0.15, 0.2) is 58.1 Å². The van der Waals surface area contributed by atoms with Gasteiger partial charge in [-0.05, 0) is 44.9 Å². The average molecular weight is 487 g/mol. The number of aryl methyl sites for hydroxylation is 1. The van der Waals surface area contributed by atoms with Gasteiger partial charge in [0, 0.05) is 12.1 Å². The summed E-state index contributed by atoms with van der Waals surface area (Å²) in [5.41, 5.74) is 6.62. The molecule has 2 aromatic carbocycles. The summed E-state index contributed by atoms with van der Waals surface area (Å²) < 4.78 is 24.0. The van der Waals surface area contributed by atoms with Crippen molar-refractivity contribution in [2.75, 3.05) is 20.3 Å². The molecule has 0 saturated carbocycles. The number of carbonyl (C=O) groups is 1. The molecule has 0 spiro atoms. The van der Waals surface area contributed by atoms with Gasteiger partial charge in [0.1, 0.15) is 23.8 Å². The number of nitrogens with one attached hydrogen (secondary N) is 1. The van der Waals surface area contributed by atoms with Crippen LogP contribution in [-0.4, -0.2) is 37.1 Å². The molecule has 0 aliphatic rings. The molecule has 1 heterocycles. The highest BCUT2D eigenvalue weighted by molar-refractivity contribution is 6.34. The molecule has 0 radical (unpaired) electrons. The third kappa shape index (κ3) is 5.94. The van der Waals surface area contributed by atoms with E-state index in [1.54, 1.807) is 24.4 Å². The van der Waals surface area contributed by atoms with Gasteiger partial charge in [-0.3, -0.25) is 9.79 Å². The highest BCUT2D eigenvalue weighted by Crippen LogP contribution is 2.32. The fourth-order valence-electron chi connectivity index (χ4n) is 3.59. The molecule has 0 unspecified atom stereocenters. The number of aromatic nitrogens is 1. The summed E-state index contributed by atoms with van der Waals surface area (Å²) in [5, 5.41) is 3.26. The van der Waals surface area contributed by atoms with Crippen LogP contribution < -0.4 is 15.8 Å². The molecule has 180 valence electrons. The fourth-order valence-corrected chi connectivity index (χ4v) is 3.84. The number of amides is 1. The highest BCUT2D eigenvalue weighted by atomic mass is 35.5. The number of aliphatic imine (C=N–C) groups is 1. The van der Waals surface area contributed by atoms with Crippen LogP contribution >= 0.6 is 11.6 Å². The predicted molar refractivity (Wildman–Crippen MR) is 131 cm³/mol. The maximum absolute atomic E-state index is 13.3. The first-order chi connectivity index (χ1) is 16.3. The maximum Gasteiger partial charge on any atom is 0.257 e. The fraction of sp³-hybridized carbons (Fsp3) is 0.320. The van der Waals surface area contributed by atoms with E-state index in [2.05, 4.69) is 15.3 Å². The van der Waals surface area contributed by atoms with Gasteiger partial charge >= 0.3 is 0 Å². The second kappa shape index (κ2) is 11.2. The SMILES string of the molecule is COc1cccc(Cl)c1C(=O)N[C@](C)(CCCN=C(N)CF)c1ncc(-c2cccc(C)c2)o1. The van der Waals surface area contributed by atoms with E-state index >= 15 is 0 Å². The van der Waals surface area contributed by atoms with E-state index in [-0.39, 0.29) is 16.4 Å². The van der Waals surface area contributed by atoms with Crippen LogP contribution in [0.25, 0.3) is 11.3 Å². The number of methoxy groups -OCH3 is 1. The standard InChI is InChI=1S/C25H28ClFN4O3/c1-16-7-4-8-17(13-16)20-15-30-24(34-20)25(2,11-6-12-29-21(28)14-27)31-23(32)22-18(26)9-5-10-19(22)33-3/h4-5,7-10,13,15H,6,11-12,14H2,1-3H3,(H2,28,29)(H,31,32)/t25-/m1/s1. The zero-order valence-electron chi connectivity index (χ0n) is 19.4. The molecule has 3 N–H and O–H groups in total. The number of oxazole rings is 1. The first kappa shape index (κ1) is 25.2. The van der Waals surface area contributed by atoms with E-state index < -0.39 is 18.1 Å². The van der Waals surface area contributed by atoms with E-state index in [1.165, 1.54) is 7.11 Å². The van der Waals surface area contributed by atoms with Crippen molar-refractivity contribution in [1.29, 1.82) is 0 Å². The first-order valence-electron chi connectivity index (χ1n) is 10.8. The smallest absolute Gasteiger partial charge is 0.257 e. The normalized spacial score (nSPS) is 13.4. The molecule has 0 aliphatic carbocycles. The van der Waals surface area contributed by atoms with Crippen LogP contribution in [0.1, 0.15) is 41.6 Å². The molecule has 3 rings (SSSR count). The minimum absolute atomic E-state index is 0.0654. The number of halogens is 2. The molecule has 34 heavy (non-hydrogen) atoms. The zero-order chi connectivity index (χ0) is 24.7. The van der Waals surface area contributed by atoms with Crippen LogP contribution in [0.2, 0.25) is 5.02 Å².